The van der Waals surface area contributed by atoms with E-state index in [1.807, 2.05) is 0 Å². The Morgan fingerprint density at radius 3 is 0.771 bits per heavy atom. The molecule has 0 aromatic carbocycles. The Kier molecular flexibility index (Phi) is 28.6. The van der Waals surface area contributed by atoms with Crippen LogP contribution in [0.15, 0.2) is 0 Å². The maximum absolute atomic E-state index is 11.9. The maximum atomic E-state index is 11.9. The summed E-state index contributed by atoms with van der Waals surface area (Å²) in [6.45, 7) is 5.09. The Balaban J connectivity index is 3.29. The zero-order valence-corrected chi connectivity index (χ0v) is 25.6. The van der Waals surface area contributed by atoms with E-state index in [0.717, 1.165) is 25.7 Å². The predicted molar refractivity (Wildman–Crippen MR) is 150 cm³/mol. The molecule has 4 nitrogen and oxygen atoms in total. The minimum absolute atomic E-state index is 0.281. The van der Waals surface area contributed by atoms with Gasteiger partial charge in [-0.2, -0.15) is 0 Å². The minimum Gasteiger partial charge on any atom is -0.0654 e. The molecule has 0 aliphatic carbocycles. The first-order valence-electron chi connectivity index (χ1n) is 15.7. The molecule has 0 atom stereocenters. The Bertz CT molecular complexity index is 493. The van der Waals surface area contributed by atoms with Crippen molar-refractivity contribution in [3.8, 4) is 0 Å². The van der Waals surface area contributed by atoms with E-state index in [4.69, 9.17) is 7.64 Å². The molecule has 0 N–H and O–H groups in total. The van der Waals surface area contributed by atoms with Gasteiger partial charge in [-0.25, -0.2) is 0 Å². The third-order valence-corrected chi connectivity index (χ3v) is 8.86. The Morgan fingerprint density at radius 2 is 0.543 bits per heavy atom. The van der Waals surface area contributed by atoms with Gasteiger partial charge in [0.25, 0.3) is 0 Å². The van der Waals surface area contributed by atoms with Gasteiger partial charge in [0.2, 0.25) is 0 Å². The topological polar surface area (TPSA) is 52.6 Å². The molecule has 0 radical (unpaired) electrons. The first-order valence-corrected chi connectivity index (χ1v) is 18.5. The molecule has 5 heteroatoms. The predicted octanol–water partition coefficient (Wildman–Crippen LogP) is 10.5. The van der Waals surface area contributed by atoms with E-state index >= 15 is 0 Å². The molecular weight excluding hydrogens is 503 g/mol. The molecule has 0 aromatic rings. The third kappa shape index (κ3) is 30.2. The summed E-state index contributed by atoms with van der Waals surface area (Å²) in [7, 11) is 0. The number of hydrogen-bond acceptors (Lipinski definition) is 4. The van der Waals surface area contributed by atoms with Gasteiger partial charge in [0, 0.05) is 0 Å². The van der Waals surface area contributed by atoms with Crippen molar-refractivity contribution in [2.24, 2.45) is 0 Å². The van der Waals surface area contributed by atoms with E-state index in [2.05, 4.69) is 13.8 Å². The minimum atomic E-state index is -4.59. The molecule has 0 saturated carbocycles. The molecule has 0 unspecified atom stereocenters. The van der Waals surface area contributed by atoms with Crippen LogP contribution in [0.3, 0.4) is 0 Å². The second kappa shape index (κ2) is 28.6. The molecule has 0 heterocycles. The molecule has 0 aliphatic rings. The van der Waals surface area contributed by atoms with Gasteiger partial charge in [-0.1, -0.05) is 52.4 Å². The molecule has 0 spiro atoms. The van der Waals surface area contributed by atoms with Crippen LogP contribution in [0.25, 0.3) is 0 Å². The fourth-order valence-corrected chi connectivity index (χ4v) is 6.09. The van der Waals surface area contributed by atoms with E-state index in [9.17, 15) is 7.67 Å². The van der Waals surface area contributed by atoms with Crippen LogP contribution < -0.4 is 0 Å². The van der Waals surface area contributed by atoms with E-state index in [1.54, 1.807) is 0 Å². The van der Waals surface area contributed by atoms with Crippen molar-refractivity contribution in [3.63, 3.8) is 0 Å². The van der Waals surface area contributed by atoms with Crippen molar-refractivity contribution in [2.75, 3.05) is 13.2 Å². The second-order valence-electron chi connectivity index (χ2n) is 10.5. The molecular formula is C30H62O4Se. The summed E-state index contributed by atoms with van der Waals surface area (Å²) < 4.78 is 33.9. The molecule has 212 valence electrons. The van der Waals surface area contributed by atoms with Gasteiger partial charge in [0.15, 0.2) is 0 Å². The summed E-state index contributed by atoms with van der Waals surface area (Å²) in [4.78, 5) is 0. The molecule has 0 bridgehead atoms. The summed E-state index contributed by atoms with van der Waals surface area (Å²) in [5, 5.41) is 0. The molecule has 0 fully saturated rings. The average Bonchev–Trinajstić information content (AvgIpc) is 2.84. The van der Waals surface area contributed by atoms with Crippen molar-refractivity contribution in [1.29, 1.82) is 0 Å². The van der Waals surface area contributed by atoms with Crippen molar-refractivity contribution >= 4 is 13.4 Å². The van der Waals surface area contributed by atoms with Gasteiger partial charge < -0.3 is 0 Å². The van der Waals surface area contributed by atoms with Crippen LogP contribution in [0.5, 0.6) is 0 Å². The van der Waals surface area contributed by atoms with Crippen LogP contribution in [0.1, 0.15) is 181 Å². The summed E-state index contributed by atoms with van der Waals surface area (Å²) in [5.41, 5.74) is 0. The van der Waals surface area contributed by atoms with Gasteiger partial charge in [-0.3, -0.25) is 0 Å². The van der Waals surface area contributed by atoms with E-state index in [1.165, 1.54) is 141 Å². The summed E-state index contributed by atoms with van der Waals surface area (Å²) in [5.74, 6) is 0. The van der Waals surface area contributed by atoms with Gasteiger partial charge in [0.1, 0.15) is 0 Å². The van der Waals surface area contributed by atoms with Crippen LogP contribution in [0.4, 0.5) is 0 Å². The SMILES string of the molecule is CCCCCCCCCCCCCCCCO[Se](=O)(=O)OCCCCCCCCCCCCCC. The zero-order valence-electron chi connectivity index (χ0n) is 23.8. The standard InChI is InChI=1S/C30H62O4Se/c1-3-5-7-9-11-13-15-17-18-20-22-24-26-28-30-34-35(31,32)33-29-27-25-23-21-19-16-14-12-10-8-6-4-2/h3-30H2,1-2H3. The average molecular weight is 566 g/mol. The molecule has 0 aromatic heterocycles. The third-order valence-electron chi connectivity index (χ3n) is 6.95. The van der Waals surface area contributed by atoms with Crippen LogP contribution in [0.2, 0.25) is 0 Å². The van der Waals surface area contributed by atoms with E-state index in [0.29, 0.717) is 0 Å². The Morgan fingerprint density at radius 1 is 0.343 bits per heavy atom. The monoisotopic (exact) mass is 566 g/mol. The Hall–Kier alpha value is 0.0395. The van der Waals surface area contributed by atoms with Gasteiger partial charge in [0.05, 0.1) is 0 Å². The first-order chi connectivity index (χ1) is 17.1. The van der Waals surface area contributed by atoms with Crippen molar-refractivity contribution in [1.82, 2.24) is 0 Å². The quantitative estimate of drug-likeness (QED) is 0.0642. The second-order valence-corrected chi connectivity index (χ2v) is 13.2. The molecule has 0 saturated heterocycles. The van der Waals surface area contributed by atoms with Crippen molar-refractivity contribution < 1.29 is 15.3 Å². The van der Waals surface area contributed by atoms with Crippen LogP contribution in [-0.4, -0.2) is 26.6 Å². The number of unbranched alkanes of at least 4 members (excludes halogenated alkanes) is 24. The fraction of sp³-hybridized carbons (Fsp3) is 1.00. The zero-order chi connectivity index (χ0) is 25.7. The van der Waals surface area contributed by atoms with Gasteiger partial charge >= 0.3 is 170 Å². The summed E-state index contributed by atoms with van der Waals surface area (Å²) in [6, 6.07) is 0. The first kappa shape index (κ1) is 35.0. The van der Waals surface area contributed by atoms with E-state index < -0.39 is 13.4 Å². The molecule has 0 amide bonds. The Labute approximate surface area is 222 Å². The van der Waals surface area contributed by atoms with Crippen LogP contribution >= 0.6 is 0 Å². The van der Waals surface area contributed by atoms with Gasteiger partial charge in [-0.15, -0.1) is 0 Å². The smallest absolute Gasteiger partial charge is 0.0654 e. The van der Waals surface area contributed by atoms with Gasteiger partial charge in [-0.05, 0) is 0 Å². The van der Waals surface area contributed by atoms with Crippen molar-refractivity contribution in [2.45, 2.75) is 181 Å². The molecule has 35 heavy (non-hydrogen) atoms. The van der Waals surface area contributed by atoms with Crippen molar-refractivity contribution in [3.05, 3.63) is 0 Å². The number of hydrogen-bond donors (Lipinski definition) is 0. The summed E-state index contributed by atoms with van der Waals surface area (Å²) >= 11 is -4.59. The summed E-state index contributed by atoms with van der Waals surface area (Å²) in [6.07, 6.45) is 33.2. The van der Waals surface area contributed by atoms with Crippen LogP contribution in [0, 0.1) is 0 Å². The fourth-order valence-electron chi connectivity index (χ4n) is 4.60. The van der Waals surface area contributed by atoms with E-state index in [-0.39, 0.29) is 13.2 Å². The van der Waals surface area contributed by atoms with Crippen LogP contribution in [-0.2, 0) is 15.3 Å². The normalized spacial score (nSPS) is 11.9. The molecule has 0 aliphatic heterocycles. The number of rotatable bonds is 30. The molecule has 0 rings (SSSR count).